The van der Waals surface area contributed by atoms with Gasteiger partial charge in [0.15, 0.2) is 0 Å². The fraction of sp³-hybridized carbons (Fsp3) is 0.286. The van der Waals surface area contributed by atoms with Gasteiger partial charge < -0.3 is 0 Å². The van der Waals surface area contributed by atoms with Crippen molar-refractivity contribution in [1.29, 1.82) is 0 Å². The zero-order valence-electron chi connectivity index (χ0n) is 23.4. The average molecular weight is 534 g/mol. The van der Waals surface area contributed by atoms with E-state index in [1.165, 1.54) is 63.8 Å². The lowest BCUT2D eigenvalue weighted by Crippen LogP contribution is -2.12. The molecular weight excluding hydrogens is 499 g/mol. The molecule has 3 heteroatoms. The Hall–Kier alpha value is -3.01. The van der Waals surface area contributed by atoms with Gasteiger partial charge in [-0.15, -0.1) is 22.7 Å². The second-order valence-corrected chi connectivity index (χ2v) is 14.4. The van der Waals surface area contributed by atoms with E-state index in [-0.39, 0.29) is 5.41 Å². The predicted octanol–water partition coefficient (Wildman–Crippen LogP) is 11.1. The maximum Gasteiger partial charge on any atom is 0.125 e. The molecule has 0 spiro atoms. The second-order valence-electron chi connectivity index (χ2n) is 12.1. The minimum absolute atomic E-state index is 0.0380. The van der Waals surface area contributed by atoms with Gasteiger partial charge in [0.1, 0.15) is 4.83 Å². The van der Waals surface area contributed by atoms with Gasteiger partial charge in [-0.05, 0) is 106 Å². The van der Waals surface area contributed by atoms with Crippen LogP contribution in [0.3, 0.4) is 0 Å². The highest BCUT2D eigenvalue weighted by Gasteiger charge is 2.21. The van der Waals surface area contributed by atoms with Crippen molar-refractivity contribution in [2.75, 3.05) is 0 Å². The molecule has 0 unspecified atom stereocenters. The van der Waals surface area contributed by atoms with E-state index >= 15 is 0 Å². The van der Waals surface area contributed by atoms with Gasteiger partial charge >= 0.3 is 0 Å². The monoisotopic (exact) mass is 533 g/mol. The summed E-state index contributed by atoms with van der Waals surface area (Å²) >= 11 is 3.75. The predicted molar refractivity (Wildman–Crippen MR) is 170 cm³/mol. The molecule has 0 aliphatic heterocycles. The highest BCUT2D eigenvalue weighted by molar-refractivity contribution is 7.19. The van der Waals surface area contributed by atoms with Crippen molar-refractivity contribution in [1.82, 2.24) is 4.98 Å². The molecule has 0 saturated carbocycles. The van der Waals surface area contributed by atoms with Crippen LogP contribution >= 0.6 is 22.7 Å². The fourth-order valence-electron chi connectivity index (χ4n) is 5.58. The van der Waals surface area contributed by atoms with Gasteiger partial charge in [-0.25, -0.2) is 4.98 Å². The Balaban J connectivity index is 1.59. The van der Waals surface area contributed by atoms with Crippen molar-refractivity contribution in [2.45, 2.75) is 60.3 Å². The Labute approximate surface area is 234 Å². The Kier molecular flexibility index (Phi) is 6.20. The second kappa shape index (κ2) is 9.32. The van der Waals surface area contributed by atoms with Crippen LogP contribution in [0.1, 0.15) is 55.5 Å². The van der Waals surface area contributed by atoms with E-state index < -0.39 is 0 Å². The van der Waals surface area contributed by atoms with E-state index in [1.807, 2.05) is 22.7 Å². The van der Waals surface area contributed by atoms with Gasteiger partial charge in [0.2, 0.25) is 0 Å². The number of nitrogens with zero attached hydrogens (tertiary/aromatic N) is 1. The maximum atomic E-state index is 5.26. The van der Waals surface area contributed by atoms with Crippen LogP contribution in [0.25, 0.3) is 53.5 Å². The lowest BCUT2D eigenvalue weighted by atomic mass is 9.82. The Morgan fingerprint density at radius 3 is 2.34 bits per heavy atom. The highest BCUT2D eigenvalue weighted by atomic mass is 32.1. The topological polar surface area (TPSA) is 12.9 Å². The van der Waals surface area contributed by atoms with Gasteiger partial charge in [0.05, 0.1) is 5.69 Å². The summed E-state index contributed by atoms with van der Waals surface area (Å²) in [6.07, 6.45) is 1.14. The van der Waals surface area contributed by atoms with Crippen molar-refractivity contribution < 1.29 is 0 Å². The van der Waals surface area contributed by atoms with Crippen LogP contribution < -0.4 is 0 Å². The van der Waals surface area contributed by atoms with Gasteiger partial charge in [0, 0.05) is 25.4 Å². The number of aromatic nitrogens is 1. The third kappa shape index (κ3) is 4.46. The van der Waals surface area contributed by atoms with Gasteiger partial charge in [0.25, 0.3) is 0 Å². The summed E-state index contributed by atoms with van der Waals surface area (Å²) in [6.45, 7) is 16.0. The smallest absolute Gasteiger partial charge is 0.125 e. The van der Waals surface area contributed by atoms with Crippen molar-refractivity contribution in [3.63, 3.8) is 0 Å². The summed E-state index contributed by atoms with van der Waals surface area (Å²) < 4.78 is 1.37. The minimum Gasteiger partial charge on any atom is -0.237 e. The van der Waals surface area contributed by atoms with Crippen molar-refractivity contribution in [2.24, 2.45) is 5.92 Å². The molecular formula is C35H35NS2. The molecule has 0 atom stereocenters. The molecule has 3 heterocycles. The summed E-state index contributed by atoms with van der Waals surface area (Å²) in [7, 11) is 0. The first-order valence-electron chi connectivity index (χ1n) is 13.6. The van der Waals surface area contributed by atoms with Crippen LogP contribution in [0.5, 0.6) is 0 Å². The van der Waals surface area contributed by atoms with Gasteiger partial charge in [-0.1, -0.05) is 65.0 Å². The quantitative estimate of drug-likeness (QED) is 0.220. The third-order valence-corrected chi connectivity index (χ3v) is 9.83. The van der Waals surface area contributed by atoms with E-state index in [1.54, 1.807) is 0 Å². The standard InChI is InChI=1S/C35H35NS2/c1-20(2)14-27-17-26-16-24(12-13-32(26)38-27)29-19-31(36-34-33(29)21(3)22(4)37-34)25-15-23-10-8-9-11-28(23)30(18-25)35(5,6)7/h8-13,15-20H,14H2,1-7H3. The zero-order chi connectivity index (χ0) is 26.8. The van der Waals surface area contributed by atoms with Crippen LogP contribution in [0, 0.1) is 19.8 Å². The molecule has 3 aromatic carbocycles. The summed E-state index contributed by atoms with van der Waals surface area (Å²) in [6, 6.07) is 25.2. The minimum atomic E-state index is 0.0380. The van der Waals surface area contributed by atoms with E-state index in [4.69, 9.17) is 4.98 Å². The fourth-order valence-corrected chi connectivity index (χ4v) is 7.89. The van der Waals surface area contributed by atoms with Crippen LogP contribution in [-0.4, -0.2) is 4.98 Å². The molecule has 6 aromatic rings. The van der Waals surface area contributed by atoms with Crippen LogP contribution in [0.15, 0.2) is 66.7 Å². The number of fused-ring (bicyclic) bond motifs is 3. The highest BCUT2D eigenvalue weighted by Crippen LogP contribution is 2.42. The molecule has 192 valence electrons. The first-order chi connectivity index (χ1) is 18.1. The van der Waals surface area contributed by atoms with Crippen molar-refractivity contribution >= 4 is 53.7 Å². The molecule has 6 rings (SSSR count). The number of pyridine rings is 1. The average Bonchev–Trinajstić information content (AvgIpc) is 3.40. The van der Waals surface area contributed by atoms with Crippen molar-refractivity contribution in [3.8, 4) is 22.4 Å². The number of benzene rings is 3. The number of aryl methyl sites for hydroxylation is 2. The molecule has 0 N–H and O–H groups in total. The molecule has 0 aliphatic rings. The summed E-state index contributed by atoms with van der Waals surface area (Å²) in [5.74, 6) is 0.668. The van der Waals surface area contributed by atoms with E-state index in [2.05, 4.69) is 115 Å². The van der Waals surface area contributed by atoms with E-state index in [0.29, 0.717) is 5.92 Å². The number of thiophene rings is 2. The molecule has 0 bridgehead atoms. The Morgan fingerprint density at radius 1 is 0.816 bits per heavy atom. The van der Waals surface area contributed by atoms with Crippen molar-refractivity contribution in [3.05, 3.63) is 87.6 Å². The summed E-state index contributed by atoms with van der Waals surface area (Å²) in [5.41, 5.74) is 7.56. The normalized spacial score (nSPS) is 12.4. The number of hydrogen-bond acceptors (Lipinski definition) is 3. The van der Waals surface area contributed by atoms with Crippen LogP contribution in [0.4, 0.5) is 0 Å². The Morgan fingerprint density at radius 2 is 1.58 bits per heavy atom. The van der Waals surface area contributed by atoms with Crippen LogP contribution in [0.2, 0.25) is 0 Å². The molecule has 0 radical (unpaired) electrons. The summed E-state index contributed by atoms with van der Waals surface area (Å²) in [4.78, 5) is 9.21. The van der Waals surface area contributed by atoms with Gasteiger partial charge in [-0.2, -0.15) is 0 Å². The largest absolute Gasteiger partial charge is 0.237 e. The van der Waals surface area contributed by atoms with E-state index in [0.717, 1.165) is 16.9 Å². The van der Waals surface area contributed by atoms with Gasteiger partial charge in [-0.3, -0.25) is 0 Å². The first kappa shape index (κ1) is 25.3. The van der Waals surface area contributed by atoms with Crippen LogP contribution in [-0.2, 0) is 11.8 Å². The molecule has 0 fully saturated rings. The molecule has 3 aromatic heterocycles. The maximum absolute atomic E-state index is 5.26. The molecule has 38 heavy (non-hydrogen) atoms. The SMILES string of the molecule is Cc1sc2nc(-c3cc(C(C)(C)C)c4ccccc4c3)cc(-c3ccc4sc(CC(C)C)cc4c3)c2c1C. The Bertz CT molecular complexity index is 1820. The molecule has 0 aliphatic carbocycles. The molecule has 0 amide bonds. The van der Waals surface area contributed by atoms with E-state index in [9.17, 15) is 0 Å². The third-order valence-electron chi connectivity index (χ3n) is 7.59. The molecule has 0 saturated heterocycles. The first-order valence-corrected chi connectivity index (χ1v) is 15.2. The lowest BCUT2D eigenvalue weighted by Gasteiger charge is -2.23. The summed E-state index contributed by atoms with van der Waals surface area (Å²) in [5, 5.41) is 5.24. The number of rotatable bonds is 4. The number of hydrogen-bond donors (Lipinski definition) is 0. The lowest BCUT2D eigenvalue weighted by molar-refractivity contribution is 0.596. The molecule has 1 nitrogen and oxygen atoms in total. The zero-order valence-corrected chi connectivity index (χ0v) is 25.0.